The molecule has 1 aromatic rings. The van der Waals surface area contributed by atoms with Crippen LogP contribution in [0.1, 0.15) is 42.5 Å². The average Bonchev–Trinajstić information content (AvgIpc) is 2.90. The summed E-state index contributed by atoms with van der Waals surface area (Å²) >= 11 is 0. The summed E-state index contributed by atoms with van der Waals surface area (Å²) in [4.78, 5) is 24.6. The second kappa shape index (κ2) is 5.94. The Hall–Kier alpha value is -2.04. The first kappa shape index (κ1) is 14.4. The minimum atomic E-state index is -1.02. The molecule has 1 fully saturated rings. The van der Waals surface area contributed by atoms with Crippen molar-refractivity contribution in [2.24, 2.45) is 5.92 Å². The third-order valence-corrected chi connectivity index (χ3v) is 3.95. The van der Waals surface area contributed by atoms with Gasteiger partial charge in [-0.1, -0.05) is 12.8 Å². The van der Waals surface area contributed by atoms with Gasteiger partial charge < -0.3 is 15.7 Å². The molecule has 108 valence electrons. The number of hydrogen-bond donors (Lipinski definition) is 2. The van der Waals surface area contributed by atoms with Crippen molar-refractivity contribution in [1.82, 2.24) is 0 Å². The van der Waals surface area contributed by atoms with Gasteiger partial charge in [-0.3, -0.25) is 4.79 Å². The largest absolute Gasteiger partial charge is 0.478 e. The van der Waals surface area contributed by atoms with Gasteiger partial charge in [0.05, 0.1) is 16.9 Å². The summed E-state index contributed by atoms with van der Waals surface area (Å²) in [5, 5.41) is 8.90. The average molecular weight is 276 g/mol. The van der Waals surface area contributed by atoms with Crippen molar-refractivity contribution < 1.29 is 14.7 Å². The summed E-state index contributed by atoms with van der Waals surface area (Å²) in [5.41, 5.74) is 6.86. The zero-order valence-corrected chi connectivity index (χ0v) is 11.6. The van der Waals surface area contributed by atoms with Gasteiger partial charge in [-0.05, 0) is 37.0 Å². The molecular formula is C15H20N2O3. The van der Waals surface area contributed by atoms with E-state index in [1.807, 2.05) is 0 Å². The first-order valence-electron chi connectivity index (χ1n) is 6.88. The Morgan fingerprint density at radius 1 is 1.35 bits per heavy atom. The van der Waals surface area contributed by atoms with Crippen LogP contribution in [0.2, 0.25) is 0 Å². The Bertz CT molecular complexity index is 522. The fourth-order valence-corrected chi connectivity index (χ4v) is 2.73. The zero-order valence-electron chi connectivity index (χ0n) is 11.6. The monoisotopic (exact) mass is 276 g/mol. The Morgan fingerprint density at radius 3 is 2.55 bits per heavy atom. The number of anilines is 2. The number of nitrogen functional groups attached to an aromatic ring is 1. The lowest BCUT2D eigenvalue weighted by atomic mass is 10.0. The number of hydrogen-bond acceptors (Lipinski definition) is 3. The molecule has 1 amide bonds. The van der Waals surface area contributed by atoms with Crippen molar-refractivity contribution in [3.8, 4) is 0 Å². The van der Waals surface area contributed by atoms with E-state index < -0.39 is 5.97 Å². The van der Waals surface area contributed by atoms with Crippen LogP contribution in [-0.4, -0.2) is 24.0 Å². The standard InChI is InChI=1S/C15H20N2O3/c1-17(14(18)8-10-4-2-3-5-10)13-7-6-11(15(19)20)9-12(13)16/h6-7,9-10H,2-5,8,16H2,1H3,(H,19,20). The second-order valence-electron chi connectivity index (χ2n) is 5.39. The van der Waals surface area contributed by atoms with Crippen molar-refractivity contribution >= 4 is 23.3 Å². The molecule has 0 aliphatic heterocycles. The molecule has 0 aromatic heterocycles. The van der Waals surface area contributed by atoms with E-state index in [9.17, 15) is 9.59 Å². The molecule has 3 N–H and O–H groups in total. The highest BCUT2D eigenvalue weighted by atomic mass is 16.4. The van der Waals surface area contributed by atoms with Gasteiger partial charge in [-0.15, -0.1) is 0 Å². The van der Waals surface area contributed by atoms with E-state index in [-0.39, 0.29) is 11.5 Å². The number of amides is 1. The SMILES string of the molecule is CN(C(=O)CC1CCCC1)c1ccc(C(=O)O)cc1N. The first-order chi connectivity index (χ1) is 9.49. The number of nitrogens with zero attached hydrogens (tertiary/aromatic N) is 1. The van der Waals surface area contributed by atoms with Gasteiger partial charge in [0.1, 0.15) is 0 Å². The van der Waals surface area contributed by atoms with Crippen LogP contribution >= 0.6 is 0 Å². The van der Waals surface area contributed by atoms with Crippen molar-refractivity contribution in [2.45, 2.75) is 32.1 Å². The van der Waals surface area contributed by atoms with E-state index in [4.69, 9.17) is 10.8 Å². The van der Waals surface area contributed by atoms with E-state index in [0.29, 0.717) is 23.7 Å². The lowest BCUT2D eigenvalue weighted by Crippen LogP contribution is -2.28. The van der Waals surface area contributed by atoms with Crippen LogP contribution < -0.4 is 10.6 Å². The molecule has 1 saturated carbocycles. The van der Waals surface area contributed by atoms with Crippen LogP contribution in [0.15, 0.2) is 18.2 Å². The molecule has 0 unspecified atom stereocenters. The van der Waals surface area contributed by atoms with Gasteiger partial charge in [-0.2, -0.15) is 0 Å². The molecule has 1 aliphatic carbocycles. The minimum absolute atomic E-state index is 0.0340. The number of carboxylic acids is 1. The third-order valence-electron chi connectivity index (χ3n) is 3.95. The molecule has 1 aromatic carbocycles. The number of rotatable bonds is 4. The Labute approximate surface area is 118 Å². The number of nitrogens with two attached hydrogens (primary N) is 1. The molecule has 0 radical (unpaired) electrons. The second-order valence-corrected chi connectivity index (χ2v) is 5.39. The third kappa shape index (κ3) is 3.10. The normalized spacial score (nSPS) is 15.2. The van der Waals surface area contributed by atoms with E-state index in [1.165, 1.54) is 29.9 Å². The lowest BCUT2D eigenvalue weighted by Gasteiger charge is -2.21. The Morgan fingerprint density at radius 2 is 2.00 bits per heavy atom. The minimum Gasteiger partial charge on any atom is -0.478 e. The van der Waals surface area contributed by atoms with Gasteiger partial charge in [0.15, 0.2) is 0 Å². The van der Waals surface area contributed by atoms with Crippen molar-refractivity contribution in [3.63, 3.8) is 0 Å². The highest BCUT2D eigenvalue weighted by Crippen LogP contribution is 2.30. The summed E-state index contributed by atoms with van der Waals surface area (Å²) in [6.07, 6.45) is 5.19. The Balaban J connectivity index is 2.09. The maximum absolute atomic E-state index is 12.2. The first-order valence-corrected chi connectivity index (χ1v) is 6.88. The van der Waals surface area contributed by atoms with Crippen LogP contribution in [0, 0.1) is 5.92 Å². The number of carbonyl (C=O) groups excluding carboxylic acids is 1. The fourth-order valence-electron chi connectivity index (χ4n) is 2.73. The van der Waals surface area contributed by atoms with Crippen LogP contribution in [0.3, 0.4) is 0 Å². The fraction of sp³-hybridized carbons (Fsp3) is 0.467. The maximum Gasteiger partial charge on any atom is 0.335 e. The zero-order chi connectivity index (χ0) is 14.7. The van der Waals surface area contributed by atoms with Crippen LogP contribution in [0.25, 0.3) is 0 Å². The highest BCUT2D eigenvalue weighted by molar-refractivity contribution is 5.97. The van der Waals surface area contributed by atoms with Gasteiger partial charge in [-0.25, -0.2) is 4.79 Å². The van der Waals surface area contributed by atoms with Gasteiger partial charge in [0, 0.05) is 13.5 Å². The van der Waals surface area contributed by atoms with Gasteiger partial charge >= 0.3 is 5.97 Å². The van der Waals surface area contributed by atoms with Crippen LogP contribution in [0.4, 0.5) is 11.4 Å². The molecule has 1 aliphatic rings. The quantitative estimate of drug-likeness (QED) is 0.828. The number of aromatic carboxylic acids is 1. The summed E-state index contributed by atoms with van der Waals surface area (Å²) in [6.45, 7) is 0. The summed E-state index contributed by atoms with van der Waals surface area (Å²) in [7, 11) is 1.68. The summed E-state index contributed by atoms with van der Waals surface area (Å²) < 4.78 is 0. The van der Waals surface area contributed by atoms with E-state index in [1.54, 1.807) is 13.1 Å². The summed E-state index contributed by atoms with van der Waals surface area (Å²) in [6, 6.07) is 4.44. The summed E-state index contributed by atoms with van der Waals surface area (Å²) in [5.74, 6) is -0.515. The smallest absolute Gasteiger partial charge is 0.335 e. The van der Waals surface area contributed by atoms with Crippen molar-refractivity contribution in [1.29, 1.82) is 0 Å². The van der Waals surface area contributed by atoms with E-state index >= 15 is 0 Å². The van der Waals surface area contributed by atoms with Gasteiger partial charge in [0.2, 0.25) is 5.91 Å². The van der Waals surface area contributed by atoms with E-state index in [2.05, 4.69) is 0 Å². The maximum atomic E-state index is 12.2. The Kier molecular flexibility index (Phi) is 4.27. The number of carboxylic acid groups (broad SMARTS) is 1. The molecule has 0 atom stereocenters. The molecule has 20 heavy (non-hydrogen) atoms. The van der Waals surface area contributed by atoms with Crippen LogP contribution in [-0.2, 0) is 4.79 Å². The van der Waals surface area contributed by atoms with Gasteiger partial charge in [0.25, 0.3) is 0 Å². The molecule has 5 heteroatoms. The van der Waals surface area contributed by atoms with Crippen molar-refractivity contribution in [2.75, 3.05) is 17.7 Å². The van der Waals surface area contributed by atoms with E-state index in [0.717, 1.165) is 12.8 Å². The molecule has 0 saturated heterocycles. The molecule has 5 nitrogen and oxygen atoms in total. The number of benzene rings is 1. The molecular weight excluding hydrogens is 256 g/mol. The molecule has 0 heterocycles. The molecule has 2 rings (SSSR count). The predicted molar refractivity (Wildman–Crippen MR) is 77.8 cm³/mol. The van der Waals surface area contributed by atoms with Crippen molar-refractivity contribution in [3.05, 3.63) is 23.8 Å². The lowest BCUT2D eigenvalue weighted by molar-refractivity contribution is -0.119. The predicted octanol–water partition coefficient (Wildman–Crippen LogP) is 2.51. The van der Waals surface area contributed by atoms with Crippen LogP contribution in [0.5, 0.6) is 0 Å². The topological polar surface area (TPSA) is 83.6 Å². The number of carbonyl (C=O) groups is 2. The molecule has 0 spiro atoms. The molecule has 0 bridgehead atoms. The highest BCUT2D eigenvalue weighted by Gasteiger charge is 2.22.